The lowest BCUT2D eigenvalue weighted by Crippen LogP contribution is -2.45. The van der Waals surface area contributed by atoms with E-state index in [1.165, 1.54) is 46.7 Å². The van der Waals surface area contributed by atoms with Crippen molar-refractivity contribution in [3.8, 4) is 0 Å². The molecule has 1 aliphatic heterocycles. The Morgan fingerprint density at radius 1 is 1.09 bits per heavy atom. The Balaban J connectivity index is 1.86. The number of rotatable bonds is 0. The van der Waals surface area contributed by atoms with Gasteiger partial charge in [-0.25, -0.2) is 0 Å². The van der Waals surface area contributed by atoms with E-state index in [1.54, 1.807) is 5.57 Å². The molecule has 22 heavy (non-hydrogen) atoms. The maximum absolute atomic E-state index is 6.18. The Morgan fingerprint density at radius 3 is 2.95 bits per heavy atom. The number of allylic oxidation sites excluding steroid dienone is 1. The van der Waals surface area contributed by atoms with E-state index in [1.807, 2.05) is 0 Å². The van der Waals surface area contributed by atoms with Crippen molar-refractivity contribution in [1.29, 1.82) is 0 Å². The molecule has 0 saturated heterocycles. The van der Waals surface area contributed by atoms with Crippen LogP contribution in [0.15, 0.2) is 53.6 Å². The van der Waals surface area contributed by atoms with Gasteiger partial charge in [0.15, 0.2) is 0 Å². The fourth-order valence-electron chi connectivity index (χ4n) is 4.78. The highest BCUT2D eigenvalue weighted by Gasteiger charge is 2.46. The van der Waals surface area contributed by atoms with E-state index in [0.29, 0.717) is 0 Å². The van der Waals surface area contributed by atoms with E-state index < -0.39 is 0 Å². The van der Waals surface area contributed by atoms with Gasteiger partial charge < -0.3 is 4.74 Å². The van der Waals surface area contributed by atoms with Crippen molar-refractivity contribution in [2.45, 2.75) is 37.7 Å². The number of hydrogen-bond acceptors (Lipinski definition) is 1. The predicted molar refractivity (Wildman–Crippen MR) is 91.0 cm³/mol. The fourth-order valence-corrected chi connectivity index (χ4v) is 4.78. The smallest absolute Gasteiger partial charge is 0.0763 e. The standard InChI is InChI=1S/C21H20O/c1-14-16-7-4-12-21(13-22-14)19(16)11-9-18-17-6-3-2-5-15(17)8-10-20(18)21/h2-3,5-6,8-11,14H,4,7,12-13H2,1H3. The minimum atomic E-state index is 0.105. The monoisotopic (exact) mass is 288 g/mol. The molecule has 0 N–H and O–H groups in total. The van der Waals surface area contributed by atoms with E-state index in [4.69, 9.17) is 4.74 Å². The maximum Gasteiger partial charge on any atom is 0.0763 e. The Morgan fingerprint density at radius 2 is 2.00 bits per heavy atom. The molecule has 3 aliphatic rings. The second kappa shape index (κ2) is 4.33. The highest BCUT2D eigenvalue weighted by Crippen LogP contribution is 2.52. The van der Waals surface area contributed by atoms with Crippen LogP contribution in [0.3, 0.4) is 0 Å². The molecule has 0 radical (unpaired) electrons. The second-order valence-electron chi connectivity index (χ2n) is 6.91. The highest BCUT2D eigenvalue weighted by atomic mass is 16.5. The summed E-state index contributed by atoms with van der Waals surface area (Å²) in [6.07, 6.45) is 8.72. The van der Waals surface area contributed by atoms with E-state index in [2.05, 4.69) is 55.5 Å². The maximum atomic E-state index is 6.18. The molecule has 2 bridgehead atoms. The van der Waals surface area contributed by atoms with Gasteiger partial charge in [-0.15, -0.1) is 0 Å². The summed E-state index contributed by atoms with van der Waals surface area (Å²) in [5, 5.41) is 2.70. The van der Waals surface area contributed by atoms with Gasteiger partial charge in [-0.1, -0.05) is 48.6 Å². The zero-order valence-electron chi connectivity index (χ0n) is 12.9. The van der Waals surface area contributed by atoms with Gasteiger partial charge in [0.1, 0.15) is 0 Å². The second-order valence-corrected chi connectivity index (χ2v) is 6.91. The average molecular weight is 288 g/mol. The molecule has 2 aliphatic carbocycles. The van der Waals surface area contributed by atoms with Crippen LogP contribution in [0.1, 0.15) is 37.3 Å². The van der Waals surface area contributed by atoms with Crippen molar-refractivity contribution in [2.24, 2.45) is 0 Å². The molecule has 2 aromatic carbocycles. The van der Waals surface area contributed by atoms with Gasteiger partial charge in [-0.3, -0.25) is 0 Å². The molecule has 1 heterocycles. The number of hydrogen-bond donors (Lipinski definition) is 0. The summed E-state index contributed by atoms with van der Waals surface area (Å²) in [5.41, 5.74) is 6.08. The van der Waals surface area contributed by atoms with Crippen LogP contribution in [-0.2, 0) is 10.2 Å². The number of benzene rings is 2. The summed E-state index contributed by atoms with van der Waals surface area (Å²) in [6.45, 7) is 3.05. The molecule has 0 saturated carbocycles. The summed E-state index contributed by atoms with van der Waals surface area (Å²) >= 11 is 0. The Labute approximate surface area is 131 Å². The zero-order chi connectivity index (χ0) is 14.7. The van der Waals surface area contributed by atoms with Gasteiger partial charge in [-0.05, 0) is 59.2 Å². The van der Waals surface area contributed by atoms with Crippen molar-refractivity contribution >= 4 is 16.8 Å². The third-order valence-corrected chi connectivity index (χ3v) is 5.88. The van der Waals surface area contributed by atoms with E-state index in [-0.39, 0.29) is 11.5 Å². The molecule has 2 atom stereocenters. The first kappa shape index (κ1) is 12.7. The Hall–Kier alpha value is -1.86. The molecule has 1 nitrogen and oxygen atoms in total. The van der Waals surface area contributed by atoms with Crippen LogP contribution in [0.25, 0.3) is 16.8 Å². The molecular weight excluding hydrogens is 268 g/mol. The van der Waals surface area contributed by atoms with Gasteiger partial charge in [0.05, 0.1) is 12.7 Å². The zero-order valence-corrected chi connectivity index (χ0v) is 12.9. The number of fused-ring (bicyclic) bond motifs is 3. The van der Waals surface area contributed by atoms with E-state index in [0.717, 1.165) is 6.61 Å². The van der Waals surface area contributed by atoms with Gasteiger partial charge in [0.2, 0.25) is 0 Å². The average Bonchev–Trinajstić information content (AvgIpc) is 2.57. The van der Waals surface area contributed by atoms with Crippen molar-refractivity contribution in [3.63, 3.8) is 0 Å². The molecule has 1 heteroatoms. The third kappa shape index (κ3) is 1.47. The third-order valence-electron chi connectivity index (χ3n) is 5.88. The first-order valence-electron chi connectivity index (χ1n) is 8.35. The van der Waals surface area contributed by atoms with E-state index >= 15 is 0 Å². The Kier molecular flexibility index (Phi) is 2.49. The topological polar surface area (TPSA) is 9.23 Å². The van der Waals surface area contributed by atoms with E-state index in [9.17, 15) is 0 Å². The summed E-state index contributed by atoms with van der Waals surface area (Å²) in [6, 6.07) is 13.4. The Bertz CT molecular complexity index is 842. The van der Waals surface area contributed by atoms with Gasteiger partial charge >= 0.3 is 0 Å². The van der Waals surface area contributed by atoms with Crippen LogP contribution in [0, 0.1) is 0 Å². The molecule has 2 unspecified atom stereocenters. The van der Waals surface area contributed by atoms with Crippen LogP contribution in [-0.4, -0.2) is 12.7 Å². The summed E-state index contributed by atoms with van der Waals surface area (Å²) in [7, 11) is 0. The molecule has 110 valence electrons. The predicted octanol–water partition coefficient (Wildman–Crippen LogP) is 5.00. The fraction of sp³-hybridized carbons (Fsp3) is 0.333. The molecule has 5 rings (SSSR count). The van der Waals surface area contributed by atoms with Crippen molar-refractivity contribution in [1.82, 2.24) is 0 Å². The largest absolute Gasteiger partial charge is 0.373 e. The summed E-state index contributed by atoms with van der Waals surface area (Å²) in [4.78, 5) is 0. The quantitative estimate of drug-likeness (QED) is 0.662. The van der Waals surface area contributed by atoms with Crippen LogP contribution < -0.4 is 0 Å². The lowest BCUT2D eigenvalue weighted by Gasteiger charge is -2.48. The molecule has 2 aromatic rings. The molecule has 0 fully saturated rings. The van der Waals surface area contributed by atoms with Crippen LogP contribution >= 0.6 is 0 Å². The van der Waals surface area contributed by atoms with Crippen molar-refractivity contribution in [2.75, 3.05) is 6.61 Å². The van der Waals surface area contributed by atoms with Crippen LogP contribution in [0.5, 0.6) is 0 Å². The SMILES string of the molecule is CC1OCC23CCCC1=C2C=Cc1c3ccc2ccccc12. The van der Waals surface area contributed by atoms with Crippen LogP contribution in [0.4, 0.5) is 0 Å². The molecular formula is C21H20O. The van der Waals surface area contributed by atoms with Crippen LogP contribution in [0.2, 0.25) is 0 Å². The lowest BCUT2D eigenvalue weighted by atomic mass is 9.61. The number of ether oxygens (including phenoxy) is 1. The molecule has 0 amide bonds. The van der Waals surface area contributed by atoms with Gasteiger partial charge in [0, 0.05) is 5.41 Å². The molecule has 0 aromatic heterocycles. The highest BCUT2D eigenvalue weighted by molar-refractivity contribution is 5.94. The normalized spacial score (nSPS) is 29.4. The summed E-state index contributed by atoms with van der Waals surface area (Å²) in [5.74, 6) is 0. The minimum absolute atomic E-state index is 0.105. The summed E-state index contributed by atoms with van der Waals surface area (Å²) < 4.78 is 6.18. The van der Waals surface area contributed by atoms with Gasteiger partial charge in [-0.2, -0.15) is 0 Å². The first-order valence-corrected chi connectivity index (χ1v) is 8.35. The first-order chi connectivity index (χ1) is 10.8. The minimum Gasteiger partial charge on any atom is -0.373 e. The van der Waals surface area contributed by atoms with Gasteiger partial charge in [0.25, 0.3) is 0 Å². The molecule has 0 spiro atoms. The lowest BCUT2D eigenvalue weighted by molar-refractivity contribution is 0.0258. The van der Waals surface area contributed by atoms with Crippen molar-refractivity contribution < 1.29 is 4.74 Å². The van der Waals surface area contributed by atoms with Crippen molar-refractivity contribution in [3.05, 3.63) is 64.7 Å².